The van der Waals surface area contributed by atoms with Crippen LogP contribution in [0.25, 0.3) is 0 Å². The summed E-state index contributed by atoms with van der Waals surface area (Å²) in [5.41, 5.74) is 5.56. The average Bonchev–Trinajstić information content (AvgIpc) is 2.28. The summed E-state index contributed by atoms with van der Waals surface area (Å²) in [5, 5.41) is 4.10. The van der Waals surface area contributed by atoms with Gasteiger partial charge in [-0.15, -0.1) is 0 Å². The molecule has 1 rings (SSSR count). The monoisotopic (exact) mass is 236 g/mol. The van der Waals surface area contributed by atoms with E-state index in [1.807, 2.05) is 13.8 Å². The molecule has 0 unspecified atom stereocenters. The van der Waals surface area contributed by atoms with Gasteiger partial charge in [0.1, 0.15) is 0 Å². The first kappa shape index (κ1) is 13.5. The molecule has 0 saturated carbocycles. The first-order valence-electron chi connectivity index (χ1n) is 5.86. The van der Waals surface area contributed by atoms with Crippen molar-refractivity contribution in [2.24, 2.45) is 11.0 Å². The van der Waals surface area contributed by atoms with Crippen LogP contribution in [0.2, 0.25) is 0 Å². The fraction of sp³-hybridized carbons (Fsp3) is 0.538. The summed E-state index contributed by atoms with van der Waals surface area (Å²) in [6, 6.07) is 0. The highest BCUT2D eigenvalue weighted by Crippen LogP contribution is 2.26. The molecular formula is C13H20N2O2. The van der Waals surface area contributed by atoms with E-state index in [-0.39, 0.29) is 0 Å². The zero-order valence-corrected chi connectivity index (χ0v) is 10.7. The molecule has 1 aliphatic rings. The maximum atomic E-state index is 11.1. The largest absolute Gasteiger partial charge is 0.449 e. The number of rotatable bonds is 3. The zero-order chi connectivity index (χ0) is 12.8. The second-order valence-electron chi connectivity index (χ2n) is 4.26. The fourth-order valence-electron chi connectivity index (χ4n) is 1.70. The number of carbonyl (C=O) groups excluding carboxylic acids is 1. The van der Waals surface area contributed by atoms with Gasteiger partial charge in [0, 0.05) is 0 Å². The number of nitrogens with one attached hydrogen (secondary N) is 1. The predicted octanol–water partition coefficient (Wildman–Crippen LogP) is 3.02. The Balaban J connectivity index is 2.65. The number of hydrogen-bond donors (Lipinski definition) is 1. The smallest absolute Gasteiger partial charge is 0.427 e. The first-order chi connectivity index (χ1) is 8.04. The molecule has 4 nitrogen and oxygen atoms in total. The fourth-order valence-corrected chi connectivity index (χ4v) is 1.70. The predicted molar refractivity (Wildman–Crippen MR) is 68.9 cm³/mol. The summed E-state index contributed by atoms with van der Waals surface area (Å²) in [4.78, 5) is 11.1. The van der Waals surface area contributed by atoms with Crippen molar-refractivity contribution in [3.63, 3.8) is 0 Å². The molecule has 0 fully saturated rings. The van der Waals surface area contributed by atoms with Crippen molar-refractivity contribution < 1.29 is 9.53 Å². The molecule has 1 aliphatic carbocycles. The molecular weight excluding hydrogens is 216 g/mol. The minimum Gasteiger partial charge on any atom is -0.449 e. The summed E-state index contributed by atoms with van der Waals surface area (Å²) >= 11 is 0. The van der Waals surface area contributed by atoms with E-state index in [0.717, 1.165) is 29.7 Å². The van der Waals surface area contributed by atoms with Crippen LogP contribution in [0.5, 0.6) is 0 Å². The van der Waals surface area contributed by atoms with Crippen LogP contribution in [0.1, 0.15) is 33.6 Å². The van der Waals surface area contributed by atoms with E-state index >= 15 is 0 Å². The lowest BCUT2D eigenvalue weighted by Gasteiger charge is -2.22. The lowest BCUT2D eigenvalue weighted by atomic mass is 9.85. The van der Waals surface area contributed by atoms with Crippen molar-refractivity contribution in [1.29, 1.82) is 0 Å². The van der Waals surface area contributed by atoms with Gasteiger partial charge in [-0.05, 0) is 45.1 Å². The lowest BCUT2D eigenvalue weighted by Crippen LogP contribution is -2.23. The molecule has 0 aromatic carbocycles. The molecule has 0 radical (unpaired) electrons. The lowest BCUT2D eigenvalue weighted by molar-refractivity contribution is 0.152. The Hall–Kier alpha value is -1.58. The molecule has 1 amide bonds. The van der Waals surface area contributed by atoms with E-state index in [2.05, 4.69) is 23.2 Å². The third kappa shape index (κ3) is 4.06. The average molecular weight is 236 g/mol. The van der Waals surface area contributed by atoms with Crippen molar-refractivity contribution in [2.45, 2.75) is 33.6 Å². The second kappa shape index (κ2) is 6.23. The highest BCUT2D eigenvalue weighted by Gasteiger charge is 2.18. The van der Waals surface area contributed by atoms with Crippen molar-refractivity contribution >= 4 is 11.8 Å². The Morgan fingerprint density at radius 2 is 2.41 bits per heavy atom. The summed E-state index contributed by atoms with van der Waals surface area (Å²) in [6.45, 7) is 10.1. The number of hydrogen-bond acceptors (Lipinski definition) is 3. The van der Waals surface area contributed by atoms with Crippen molar-refractivity contribution in [3.05, 3.63) is 23.8 Å². The van der Waals surface area contributed by atoms with Crippen LogP contribution in [0, 0.1) is 5.92 Å². The summed E-state index contributed by atoms with van der Waals surface area (Å²) in [6.07, 6.45) is 3.45. The molecule has 0 aromatic heterocycles. The van der Waals surface area contributed by atoms with E-state index < -0.39 is 6.09 Å². The standard InChI is InChI=1S/C13H20N2O2/c1-5-17-13(16)15-14-12-8-11(9(2)3)7-6-10(12)4/h6,11H,2,5,7-8H2,1,3-4H3,(H,15,16)/b14-12-/t11-/m1/s1. The maximum absolute atomic E-state index is 11.1. The SMILES string of the molecule is C=C(C)[C@@H]1CC=C(C)/C(=N\NC(=O)OCC)C1. The molecule has 0 saturated heterocycles. The van der Waals surface area contributed by atoms with Crippen molar-refractivity contribution in [1.82, 2.24) is 5.43 Å². The van der Waals surface area contributed by atoms with Crippen molar-refractivity contribution in [2.75, 3.05) is 6.61 Å². The quantitative estimate of drug-likeness (QED) is 0.605. The molecule has 94 valence electrons. The summed E-state index contributed by atoms with van der Waals surface area (Å²) in [5.74, 6) is 0.418. The number of ether oxygens (including phenoxy) is 1. The highest BCUT2D eigenvalue weighted by molar-refractivity contribution is 6.01. The molecule has 4 heteroatoms. The van der Waals surface area contributed by atoms with Crippen LogP contribution in [-0.4, -0.2) is 18.4 Å². The van der Waals surface area contributed by atoms with Gasteiger partial charge in [-0.2, -0.15) is 5.10 Å². The molecule has 0 aromatic rings. The van der Waals surface area contributed by atoms with Crippen LogP contribution in [0.3, 0.4) is 0 Å². The molecule has 0 spiro atoms. The minimum atomic E-state index is -0.509. The molecule has 0 aliphatic heterocycles. The van der Waals surface area contributed by atoms with Gasteiger partial charge in [-0.1, -0.05) is 18.2 Å². The van der Waals surface area contributed by atoms with Gasteiger partial charge in [-0.3, -0.25) is 0 Å². The molecule has 0 bridgehead atoms. The third-order valence-corrected chi connectivity index (χ3v) is 2.86. The van der Waals surface area contributed by atoms with Gasteiger partial charge >= 0.3 is 6.09 Å². The third-order valence-electron chi connectivity index (χ3n) is 2.86. The maximum Gasteiger partial charge on any atom is 0.427 e. The van der Waals surface area contributed by atoms with Gasteiger partial charge < -0.3 is 4.74 Å². The van der Waals surface area contributed by atoms with Crippen LogP contribution in [0.15, 0.2) is 28.9 Å². The Kier molecular flexibility index (Phi) is 4.94. The van der Waals surface area contributed by atoms with E-state index in [0.29, 0.717) is 12.5 Å². The Bertz CT molecular complexity index is 370. The molecule has 0 heterocycles. The van der Waals surface area contributed by atoms with Gasteiger partial charge in [-0.25, -0.2) is 10.2 Å². The van der Waals surface area contributed by atoms with Gasteiger partial charge in [0.05, 0.1) is 12.3 Å². The van der Waals surface area contributed by atoms with Crippen LogP contribution in [-0.2, 0) is 4.74 Å². The highest BCUT2D eigenvalue weighted by atomic mass is 16.5. The van der Waals surface area contributed by atoms with Gasteiger partial charge in [0.2, 0.25) is 0 Å². The van der Waals surface area contributed by atoms with Gasteiger partial charge in [0.25, 0.3) is 0 Å². The zero-order valence-electron chi connectivity index (χ0n) is 10.7. The molecule has 1 N–H and O–H groups in total. The number of allylic oxidation sites excluding steroid dienone is 3. The first-order valence-corrected chi connectivity index (χ1v) is 5.86. The number of nitrogens with zero attached hydrogens (tertiary/aromatic N) is 1. The second-order valence-corrected chi connectivity index (χ2v) is 4.26. The summed E-state index contributed by atoms with van der Waals surface area (Å²) in [7, 11) is 0. The molecule has 1 atom stereocenters. The Morgan fingerprint density at radius 1 is 1.71 bits per heavy atom. The van der Waals surface area contributed by atoms with Gasteiger partial charge in [0.15, 0.2) is 0 Å². The van der Waals surface area contributed by atoms with E-state index in [1.165, 1.54) is 0 Å². The van der Waals surface area contributed by atoms with E-state index in [9.17, 15) is 4.79 Å². The Labute approximate surface area is 102 Å². The van der Waals surface area contributed by atoms with Crippen LogP contribution < -0.4 is 5.43 Å². The van der Waals surface area contributed by atoms with Crippen molar-refractivity contribution in [3.8, 4) is 0 Å². The number of hydrazone groups is 1. The Morgan fingerprint density at radius 3 is 3.00 bits per heavy atom. The van der Waals surface area contributed by atoms with Crippen LogP contribution >= 0.6 is 0 Å². The minimum absolute atomic E-state index is 0.347. The molecule has 17 heavy (non-hydrogen) atoms. The number of amides is 1. The topological polar surface area (TPSA) is 50.7 Å². The van der Waals surface area contributed by atoms with E-state index in [4.69, 9.17) is 4.74 Å². The van der Waals surface area contributed by atoms with Crippen LogP contribution in [0.4, 0.5) is 4.79 Å². The van der Waals surface area contributed by atoms with E-state index in [1.54, 1.807) is 6.92 Å². The summed E-state index contributed by atoms with van der Waals surface area (Å²) < 4.78 is 4.75. The number of carbonyl (C=O) groups is 1. The normalized spacial score (nSPS) is 21.9.